The van der Waals surface area contributed by atoms with Gasteiger partial charge in [0.1, 0.15) is 5.75 Å². The predicted molar refractivity (Wildman–Crippen MR) is 91.8 cm³/mol. The minimum Gasteiger partial charge on any atom is -0.467 e. The largest absolute Gasteiger partial charge is 0.467 e. The number of likely N-dealkylation sites (tertiary alicyclic amines) is 1. The fourth-order valence-corrected chi connectivity index (χ4v) is 3.48. The number of nitro benzene ring substituents is 1. The number of urea groups is 1. The Morgan fingerprint density at radius 2 is 2.08 bits per heavy atom. The van der Waals surface area contributed by atoms with Gasteiger partial charge in [0.2, 0.25) is 0 Å². The van der Waals surface area contributed by atoms with Gasteiger partial charge in [0, 0.05) is 55.0 Å². The first-order chi connectivity index (χ1) is 12.6. The van der Waals surface area contributed by atoms with E-state index in [0.717, 1.165) is 31.4 Å². The van der Waals surface area contributed by atoms with Crippen molar-refractivity contribution in [1.82, 2.24) is 15.5 Å². The van der Waals surface area contributed by atoms with Crippen LogP contribution in [0.1, 0.15) is 30.4 Å². The summed E-state index contributed by atoms with van der Waals surface area (Å²) >= 11 is 0. The fraction of sp³-hybridized carbons (Fsp3) is 0.588. The second-order valence-corrected chi connectivity index (χ2v) is 7.07. The lowest BCUT2D eigenvalue weighted by Gasteiger charge is -2.23. The summed E-state index contributed by atoms with van der Waals surface area (Å²) < 4.78 is 10.8. The molecule has 1 saturated heterocycles. The lowest BCUT2D eigenvalue weighted by molar-refractivity contribution is -0.385. The summed E-state index contributed by atoms with van der Waals surface area (Å²) in [5, 5.41) is 17.1. The van der Waals surface area contributed by atoms with Crippen LogP contribution in [0.25, 0.3) is 0 Å². The van der Waals surface area contributed by atoms with Crippen molar-refractivity contribution in [1.29, 1.82) is 0 Å². The molecule has 140 valence electrons. The zero-order chi connectivity index (χ0) is 18.1. The van der Waals surface area contributed by atoms with Crippen LogP contribution in [0.4, 0.5) is 10.5 Å². The van der Waals surface area contributed by atoms with Crippen molar-refractivity contribution in [3.05, 3.63) is 33.4 Å². The molecule has 2 amide bonds. The third-order valence-corrected chi connectivity index (χ3v) is 4.90. The topological polar surface area (TPSA) is 106 Å². The molecule has 2 heterocycles. The van der Waals surface area contributed by atoms with E-state index in [2.05, 4.69) is 15.5 Å². The molecule has 0 aromatic heterocycles. The smallest absolute Gasteiger partial charge is 0.315 e. The zero-order valence-corrected chi connectivity index (χ0v) is 14.4. The molecule has 4 rings (SSSR count). The van der Waals surface area contributed by atoms with Gasteiger partial charge < -0.3 is 20.1 Å². The number of rotatable bonds is 5. The molecule has 3 aliphatic rings. The summed E-state index contributed by atoms with van der Waals surface area (Å²) in [6, 6.07) is 3.41. The molecular weight excluding hydrogens is 340 g/mol. The molecular formula is C17H22N4O5. The summed E-state index contributed by atoms with van der Waals surface area (Å²) in [5.41, 5.74) is 1.55. The first kappa shape index (κ1) is 17.0. The number of non-ortho nitro benzene ring substituents is 1. The Kier molecular flexibility index (Phi) is 4.64. The second-order valence-electron chi connectivity index (χ2n) is 7.07. The SMILES string of the molecule is O=C(NC1CC1)NC1CCN(Cc2cc([N+](=O)[O-])cc3c2OCOC3)C1. The molecule has 2 aliphatic heterocycles. The van der Waals surface area contributed by atoms with Crippen LogP contribution in [0, 0.1) is 10.1 Å². The number of benzene rings is 1. The van der Waals surface area contributed by atoms with Gasteiger partial charge in [0.25, 0.3) is 5.69 Å². The van der Waals surface area contributed by atoms with Crippen LogP contribution >= 0.6 is 0 Å². The summed E-state index contributed by atoms with van der Waals surface area (Å²) in [6.07, 6.45) is 2.98. The maximum atomic E-state index is 11.9. The van der Waals surface area contributed by atoms with E-state index in [9.17, 15) is 14.9 Å². The number of ether oxygens (including phenoxy) is 2. The number of hydrogen-bond acceptors (Lipinski definition) is 6. The predicted octanol–water partition coefficient (Wildman–Crippen LogP) is 1.50. The van der Waals surface area contributed by atoms with Crippen LogP contribution in [0.15, 0.2) is 12.1 Å². The molecule has 1 aliphatic carbocycles. The van der Waals surface area contributed by atoms with Gasteiger partial charge in [-0.05, 0) is 19.3 Å². The van der Waals surface area contributed by atoms with Gasteiger partial charge in [-0.25, -0.2) is 4.79 Å². The van der Waals surface area contributed by atoms with Crippen LogP contribution < -0.4 is 15.4 Å². The van der Waals surface area contributed by atoms with E-state index >= 15 is 0 Å². The molecule has 2 fully saturated rings. The van der Waals surface area contributed by atoms with Gasteiger partial charge in [-0.15, -0.1) is 0 Å². The fourth-order valence-electron chi connectivity index (χ4n) is 3.48. The molecule has 2 N–H and O–H groups in total. The van der Waals surface area contributed by atoms with Crippen LogP contribution in [0.3, 0.4) is 0 Å². The highest BCUT2D eigenvalue weighted by atomic mass is 16.7. The Hall–Kier alpha value is -2.39. The number of amides is 2. The molecule has 26 heavy (non-hydrogen) atoms. The minimum atomic E-state index is -0.394. The van der Waals surface area contributed by atoms with Gasteiger partial charge in [-0.2, -0.15) is 0 Å². The number of nitrogens with zero attached hydrogens (tertiary/aromatic N) is 2. The van der Waals surface area contributed by atoms with E-state index < -0.39 is 4.92 Å². The Morgan fingerprint density at radius 3 is 2.85 bits per heavy atom. The van der Waals surface area contributed by atoms with Crippen LogP contribution in [-0.2, 0) is 17.9 Å². The van der Waals surface area contributed by atoms with E-state index in [4.69, 9.17) is 9.47 Å². The molecule has 1 saturated carbocycles. The second kappa shape index (κ2) is 7.08. The van der Waals surface area contributed by atoms with Gasteiger partial charge in [0.15, 0.2) is 6.79 Å². The van der Waals surface area contributed by atoms with Gasteiger partial charge in [-0.1, -0.05) is 0 Å². The molecule has 1 unspecified atom stereocenters. The monoisotopic (exact) mass is 362 g/mol. The lowest BCUT2D eigenvalue weighted by Crippen LogP contribution is -2.44. The number of fused-ring (bicyclic) bond motifs is 1. The maximum absolute atomic E-state index is 11.9. The van der Waals surface area contributed by atoms with Crippen molar-refractivity contribution in [2.24, 2.45) is 0 Å². The Labute approximate surface area is 150 Å². The molecule has 0 bridgehead atoms. The number of nitrogens with one attached hydrogen (secondary N) is 2. The number of hydrogen-bond donors (Lipinski definition) is 2. The highest BCUT2D eigenvalue weighted by Crippen LogP contribution is 2.34. The van der Waals surface area contributed by atoms with E-state index in [1.807, 2.05) is 0 Å². The molecule has 1 aromatic carbocycles. The maximum Gasteiger partial charge on any atom is 0.315 e. The van der Waals surface area contributed by atoms with Crippen LogP contribution in [-0.4, -0.2) is 47.8 Å². The summed E-state index contributed by atoms with van der Waals surface area (Å²) in [4.78, 5) is 24.9. The number of carbonyl (C=O) groups excluding carboxylic acids is 1. The average Bonchev–Trinajstić information content (AvgIpc) is 3.32. The quantitative estimate of drug-likeness (QED) is 0.607. The van der Waals surface area contributed by atoms with Crippen molar-refractivity contribution in [3.63, 3.8) is 0 Å². The Balaban J connectivity index is 1.41. The average molecular weight is 362 g/mol. The highest BCUT2D eigenvalue weighted by Gasteiger charge is 2.29. The van der Waals surface area contributed by atoms with Crippen molar-refractivity contribution in [2.45, 2.75) is 44.5 Å². The van der Waals surface area contributed by atoms with E-state index in [-0.39, 0.29) is 24.6 Å². The van der Waals surface area contributed by atoms with Crippen molar-refractivity contribution in [3.8, 4) is 5.75 Å². The van der Waals surface area contributed by atoms with Crippen molar-refractivity contribution >= 4 is 11.7 Å². The van der Waals surface area contributed by atoms with Gasteiger partial charge in [-0.3, -0.25) is 15.0 Å². The van der Waals surface area contributed by atoms with Gasteiger partial charge >= 0.3 is 6.03 Å². The van der Waals surface area contributed by atoms with Crippen molar-refractivity contribution < 1.29 is 19.2 Å². The molecule has 1 atom stereocenters. The highest BCUT2D eigenvalue weighted by molar-refractivity contribution is 5.75. The van der Waals surface area contributed by atoms with E-state index in [0.29, 0.717) is 37.1 Å². The molecule has 9 nitrogen and oxygen atoms in total. The van der Waals surface area contributed by atoms with Crippen molar-refractivity contribution in [2.75, 3.05) is 19.9 Å². The Morgan fingerprint density at radius 1 is 1.27 bits per heavy atom. The molecule has 0 radical (unpaired) electrons. The lowest BCUT2D eigenvalue weighted by atomic mass is 10.1. The van der Waals surface area contributed by atoms with E-state index in [1.54, 1.807) is 6.07 Å². The summed E-state index contributed by atoms with van der Waals surface area (Å²) in [6.45, 7) is 2.56. The summed E-state index contributed by atoms with van der Waals surface area (Å²) in [5.74, 6) is 0.685. The summed E-state index contributed by atoms with van der Waals surface area (Å²) in [7, 11) is 0. The first-order valence-electron chi connectivity index (χ1n) is 8.88. The normalized spacial score (nSPS) is 22.4. The Bertz CT molecular complexity index is 721. The molecule has 9 heteroatoms. The third-order valence-electron chi connectivity index (χ3n) is 4.90. The number of carbonyl (C=O) groups is 1. The molecule has 1 aromatic rings. The number of nitro groups is 1. The van der Waals surface area contributed by atoms with Crippen LogP contribution in [0.5, 0.6) is 5.75 Å². The standard InChI is InChI=1S/C17H22N4O5/c22-17(18-13-1-2-13)19-14-3-4-20(8-14)7-11-5-15(21(23)24)6-12-9-25-10-26-16(11)12/h5-6,13-14H,1-4,7-10H2,(H2,18,19,22). The van der Waals surface area contributed by atoms with E-state index in [1.165, 1.54) is 6.07 Å². The minimum absolute atomic E-state index is 0.0468. The zero-order valence-electron chi connectivity index (χ0n) is 14.4. The van der Waals surface area contributed by atoms with Gasteiger partial charge in [0.05, 0.1) is 11.5 Å². The third kappa shape index (κ3) is 3.88. The molecule has 0 spiro atoms. The first-order valence-corrected chi connectivity index (χ1v) is 8.88. The van der Waals surface area contributed by atoms with Crippen LogP contribution in [0.2, 0.25) is 0 Å².